The van der Waals surface area contributed by atoms with E-state index in [1.807, 2.05) is 21.9 Å². The second-order valence-corrected chi connectivity index (χ2v) is 7.39. The molecule has 0 unspecified atom stereocenters. The Hall–Kier alpha value is -2.54. The van der Waals surface area contributed by atoms with Gasteiger partial charge >= 0.3 is 6.03 Å². The van der Waals surface area contributed by atoms with E-state index in [1.54, 1.807) is 7.11 Å². The minimum Gasteiger partial charge on any atom is -0.497 e. The topological polar surface area (TPSA) is 58.1 Å². The minimum absolute atomic E-state index is 0.137. The van der Waals surface area contributed by atoms with E-state index < -0.39 is 0 Å². The zero-order valence-corrected chi connectivity index (χ0v) is 16.7. The number of hydrogen-bond acceptors (Lipinski definition) is 5. The van der Waals surface area contributed by atoms with Gasteiger partial charge in [-0.3, -0.25) is 0 Å². The first-order valence-corrected chi connectivity index (χ1v) is 9.97. The number of urea groups is 1. The average Bonchev–Trinajstić information content (AvgIpc) is 2.99. The number of benzene rings is 1. The lowest BCUT2D eigenvalue weighted by Gasteiger charge is -2.32. The number of carbonyl (C=O) groups excluding carboxylic acids is 1. The monoisotopic (exact) mass is 384 g/mol. The molecule has 7 nitrogen and oxygen atoms in total. The molecule has 2 saturated heterocycles. The number of pyridine rings is 1. The molecule has 0 bridgehead atoms. The summed E-state index contributed by atoms with van der Waals surface area (Å²) >= 11 is 0. The van der Waals surface area contributed by atoms with Crippen LogP contribution in [0.1, 0.15) is 12.0 Å². The fraction of sp³-hybridized carbons (Fsp3) is 0.524. The van der Waals surface area contributed by atoms with Crippen LogP contribution in [-0.4, -0.2) is 80.4 Å². The number of fused-ring (bicyclic) bond motifs is 1. The van der Waals surface area contributed by atoms with Crippen LogP contribution in [0.5, 0.6) is 5.75 Å². The lowest BCUT2D eigenvalue weighted by atomic mass is 10.1. The number of hydrogen-bond donors (Lipinski definition) is 0. The number of morpholine rings is 1. The molecule has 2 aliphatic heterocycles. The molecule has 0 aliphatic carbocycles. The van der Waals surface area contributed by atoms with Crippen LogP contribution in [0.15, 0.2) is 24.3 Å². The summed E-state index contributed by atoms with van der Waals surface area (Å²) in [5, 5.41) is 1.14. The van der Waals surface area contributed by atoms with Crippen molar-refractivity contribution in [3.05, 3.63) is 29.8 Å². The molecule has 150 valence electrons. The highest BCUT2D eigenvalue weighted by molar-refractivity contribution is 5.85. The Balaban J connectivity index is 1.50. The molecule has 28 heavy (non-hydrogen) atoms. The SMILES string of the molecule is COc1ccc2c(C)cc(N3CCCN(C(=O)N4CCOCC4)CC3)nc2c1. The van der Waals surface area contributed by atoms with Crippen molar-refractivity contribution in [3.8, 4) is 5.75 Å². The first-order valence-electron chi connectivity index (χ1n) is 9.97. The largest absolute Gasteiger partial charge is 0.497 e. The summed E-state index contributed by atoms with van der Waals surface area (Å²) < 4.78 is 10.7. The molecule has 0 saturated carbocycles. The van der Waals surface area contributed by atoms with Gasteiger partial charge in [0.15, 0.2) is 0 Å². The highest BCUT2D eigenvalue weighted by atomic mass is 16.5. The third kappa shape index (κ3) is 3.85. The summed E-state index contributed by atoms with van der Waals surface area (Å²) in [6, 6.07) is 8.30. The van der Waals surface area contributed by atoms with Crippen molar-refractivity contribution < 1.29 is 14.3 Å². The number of nitrogens with zero attached hydrogens (tertiary/aromatic N) is 4. The Morgan fingerprint density at radius 1 is 1.04 bits per heavy atom. The zero-order chi connectivity index (χ0) is 19.5. The van der Waals surface area contributed by atoms with E-state index in [9.17, 15) is 4.79 Å². The number of anilines is 1. The Bertz CT molecular complexity index is 851. The number of ether oxygens (including phenoxy) is 2. The molecular weight excluding hydrogens is 356 g/mol. The normalized spacial score (nSPS) is 18.3. The maximum Gasteiger partial charge on any atom is 0.320 e. The quantitative estimate of drug-likeness (QED) is 0.796. The Labute approximate surface area is 165 Å². The van der Waals surface area contributed by atoms with Crippen molar-refractivity contribution in [2.45, 2.75) is 13.3 Å². The standard InChI is InChI=1S/C21H28N4O3/c1-16-14-20(22-19-15-17(27-2)4-5-18(16)19)23-6-3-7-24(9-8-23)21(26)25-10-12-28-13-11-25/h4-5,14-15H,3,6-13H2,1-2H3. The minimum atomic E-state index is 0.137. The molecule has 7 heteroatoms. The summed E-state index contributed by atoms with van der Waals surface area (Å²) in [6.07, 6.45) is 0.937. The van der Waals surface area contributed by atoms with Crippen LogP contribution < -0.4 is 9.64 Å². The van der Waals surface area contributed by atoms with Gasteiger partial charge in [-0.05, 0) is 37.1 Å². The number of aromatic nitrogens is 1. The van der Waals surface area contributed by atoms with Gasteiger partial charge in [0.2, 0.25) is 0 Å². The average molecular weight is 384 g/mol. The molecule has 0 N–H and O–H groups in total. The molecule has 3 heterocycles. The molecule has 0 radical (unpaired) electrons. The molecule has 4 rings (SSSR count). The lowest BCUT2D eigenvalue weighted by Crippen LogP contribution is -2.49. The van der Waals surface area contributed by atoms with Crippen LogP contribution in [-0.2, 0) is 4.74 Å². The van der Waals surface area contributed by atoms with Crippen molar-refractivity contribution in [1.82, 2.24) is 14.8 Å². The third-order valence-corrected chi connectivity index (χ3v) is 5.58. The summed E-state index contributed by atoms with van der Waals surface area (Å²) in [5.74, 6) is 1.79. The Morgan fingerprint density at radius 2 is 1.82 bits per heavy atom. The summed E-state index contributed by atoms with van der Waals surface area (Å²) in [6.45, 7) is 7.95. The van der Waals surface area contributed by atoms with Crippen LogP contribution in [0.2, 0.25) is 0 Å². The molecule has 2 aromatic rings. The van der Waals surface area contributed by atoms with Gasteiger partial charge in [-0.25, -0.2) is 9.78 Å². The highest BCUT2D eigenvalue weighted by Crippen LogP contribution is 2.26. The van der Waals surface area contributed by atoms with Gasteiger partial charge < -0.3 is 24.2 Å². The molecule has 2 amide bonds. The summed E-state index contributed by atoms with van der Waals surface area (Å²) in [5.41, 5.74) is 2.15. The number of methoxy groups -OCH3 is 1. The second kappa shape index (κ2) is 8.22. The summed E-state index contributed by atoms with van der Waals surface area (Å²) in [7, 11) is 1.67. The van der Waals surface area contributed by atoms with E-state index in [0.717, 1.165) is 48.5 Å². The summed E-state index contributed by atoms with van der Waals surface area (Å²) in [4.78, 5) is 23.9. The molecule has 1 aromatic carbocycles. The first kappa shape index (κ1) is 18.8. The van der Waals surface area contributed by atoms with Crippen molar-refractivity contribution in [1.29, 1.82) is 0 Å². The number of rotatable bonds is 2. The van der Waals surface area contributed by atoms with Gasteiger partial charge in [-0.2, -0.15) is 0 Å². The van der Waals surface area contributed by atoms with Crippen LogP contribution in [0.25, 0.3) is 10.9 Å². The van der Waals surface area contributed by atoms with Gasteiger partial charge in [0.25, 0.3) is 0 Å². The van der Waals surface area contributed by atoms with Gasteiger partial charge in [0.05, 0.1) is 25.8 Å². The fourth-order valence-corrected chi connectivity index (χ4v) is 3.95. The molecular formula is C21H28N4O3. The fourth-order valence-electron chi connectivity index (χ4n) is 3.95. The smallest absolute Gasteiger partial charge is 0.320 e. The van der Waals surface area contributed by atoms with Crippen LogP contribution in [0, 0.1) is 6.92 Å². The Morgan fingerprint density at radius 3 is 2.61 bits per heavy atom. The van der Waals surface area contributed by atoms with Crippen molar-refractivity contribution in [3.63, 3.8) is 0 Å². The van der Waals surface area contributed by atoms with E-state index >= 15 is 0 Å². The third-order valence-electron chi connectivity index (χ3n) is 5.58. The van der Waals surface area contributed by atoms with Crippen LogP contribution in [0.3, 0.4) is 0 Å². The number of carbonyl (C=O) groups is 1. The predicted molar refractivity (Wildman–Crippen MR) is 109 cm³/mol. The van der Waals surface area contributed by atoms with E-state index in [4.69, 9.17) is 14.5 Å². The zero-order valence-electron chi connectivity index (χ0n) is 16.7. The second-order valence-electron chi connectivity index (χ2n) is 7.39. The predicted octanol–water partition coefficient (Wildman–Crippen LogP) is 2.52. The molecule has 0 atom stereocenters. The van der Waals surface area contributed by atoms with E-state index in [1.165, 1.54) is 5.56 Å². The van der Waals surface area contributed by atoms with Crippen molar-refractivity contribution in [2.75, 3.05) is 64.5 Å². The van der Waals surface area contributed by atoms with Gasteiger partial charge in [-0.15, -0.1) is 0 Å². The van der Waals surface area contributed by atoms with Crippen molar-refractivity contribution >= 4 is 22.8 Å². The van der Waals surface area contributed by atoms with E-state index in [0.29, 0.717) is 32.8 Å². The van der Waals surface area contributed by atoms with Crippen molar-refractivity contribution in [2.24, 2.45) is 0 Å². The van der Waals surface area contributed by atoms with Gasteiger partial charge in [0.1, 0.15) is 11.6 Å². The highest BCUT2D eigenvalue weighted by Gasteiger charge is 2.25. The van der Waals surface area contributed by atoms with Crippen LogP contribution >= 0.6 is 0 Å². The molecule has 2 fully saturated rings. The maximum absolute atomic E-state index is 12.8. The molecule has 1 aromatic heterocycles. The Kier molecular flexibility index (Phi) is 5.52. The number of aryl methyl sites for hydroxylation is 1. The number of amides is 2. The maximum atomic E-state index is 12.8. The van der Waals surface area contributed by atoms with Gasteiger partial charge in [0, 0.05) is 50.7 Å². The lowest BCUT2D eigenvalue weighted by molar-refractivity contribution is 0.0438. The molecule has 2 aliphatic rings. The van der Waals surface area contributed by atoms with E-state index in [2.05, 4.69) is 24.0 Å². The van der Waals surface area contributed by atoms with Gasteiger partial charge in [-0.1, -0.05) is 0 Å². The van der Waals surface area contributed by atoms with E-state index in [-0.39, 0.29) is 6.03 Å². The molecule has 0 spiro atoms. The first-order chi connectivity index (χ1) is 13.7. The van der Waals surface area contributed by atoms with Crippen LogP contribution in [0.4, 0.5) is 10.6 Å².